The first-order valence-corrected chi connectivity index (χ1v) is 9.26. The third-order valence-electron chi connectivity index (χ3n) is 4.22. The highest BCUT2D eigenvalue weighted by Gasteiger charge is 2.40. The summed E-state index contributed by atoms with van der Waals surface area (Å²) in [6.07, 6.45) is -0.839. The highest BCUT2D eigenvalue weighted by Crippen LogP contribution is 2.41. The molecule has 0 radical (unpaired) electrons. The molecular weight excluding hydrogens is 333 g/mol. The summed E-state index contributed by atoms with van der Waals surface area (Å²) in [6, 6.07) is 0. The quantitative estimate of drug-likeness (QED) is 0.728. The first kappa shape index (κ1) is 18.5. The molecule has 0 amide bonds. The average Bonchev–Trinajstić information content (AvgIpc) is 2.76. The van der Waals surface area contributed by atoms with Crippen molar-refractivity contribution in [1.29, 1.82) is 0 Å². The zero-order valence-electron chi connectivity index (χ0n) is 13.3. The Morgan fingerprint density at radius 2 is 1.96 bits per heavy atom. The van der Waals surface area contributed by atoms with Crippen LogP contribution in [0.25, 0.3) is 0 Å². The van der Waals surface area contributed by atoms with E-state index < -0.39 is 21.9 Å². The van der Waals surface area contributed by atoms with Crippen LogP contribution < -0.4 is 0 Å². The first-order chi connectivity index (χ1) is 10.5. The predicted octanol–water partition coefficient (Wildman–Crippen LogP) is 3.21. The summed E-state index contributed by atoms with van der Waals surface area (Å²) in [7, 11) is -3.53. The van der Waals surface area contributed by atoms with Gasteiger partial charge in [-0.25, -0.2) is 0 Å². The van der Waals surface area contributed by atoms with Crippen molar-refractivity contribution in [2.45, 2.75) is 45.1 Å². The molecule has 0 spiro atoms. The normalized spacial score (nSPS) is 32.6. The van der Waals surface area contributed by atoms with Crippen LogP contribution in [0.15, 0.2) is 23.3 Å². The standard InChI is InChI=1S/C15H21F3O4S/c1-9-6-11(15(16,17)18)4-5-13(9)14-10(2)7-12(22-14)8-21-23(3,19)20/h4-5,9-10,12,14H,6-8H2,1-3H3/t9?,10-,12-,14+/m0/s1. The molecule has 2 rings (SSSR count). The Labute approximate surface area is 134 Å². The number of rotatable bonds is 4. The molecule has 1 aliphatic heterocycles. The molecule has 1 fully saturated rings. The monoisotopic (exact) mass is 354 g/mol. The van der Waals surface area contributed by atoms with Gasteiger partial charge in [-0.1, -0.05) is 26.0 Å². The Bertz CT molecular complexity index is 607. The van der Waals surface area contributed by atoms with Gasteiger partial charge in [0, 0.05) is 5.57 Å². The third kappa shape index (κ3) is 4.81. The predicted molar refractivity (Wildman–Crippen MR) is 79.2 cm³/mol. The Hall–Kier alpha value is -0.860. The molecule has 23 heavy (non-hydrogen) atoms. The van der Waals surface area contributed by atoms with E-state index in [1.165, 1.54) is 6.08 Å². The molecule has 1 aliphatic carbocycles. The summed E-state index contributed by atoms with van der Waals surface area (Å²) in [5.74, 6) is -0.170. The summed E-state index contributed by atoms with van der Waals surface area (Å²) in [6.45, 7) is 3.63. The molecule has 4 nitrogen and oxygen atoms in total. The van der Waals surface area contributed by atoms with Crippen molar-refractivity contribution in [3.05, 3.63) is 23.3 Å². The highest BCUT2D eigenvalue weighted by molar-refractivity contribution is 7.85. The van der Waals surface area contributed by atoms with Gasteiger partial charge in [0.15, 0.2) is 0 Å². The SMILES string of the molecule is CC1CC(C(F)(F)F)=CC=C1[C@@H]1O[C@H](COS(C)(=O)=O)C[C@@H]1C. The van der Waals surface area contributed by atoms with Crippen LogP contribution in [0.3, 0.4) is 0 Å². The maximum Gasteiger partial charge on any atom is 0.412 e. The van der Waals surface area contributed by atoms with E-state index in [1.807, 2.05) is 6.92 Å². The molecule has 8 heteroatoms. The van der Waals surface area contributed by atoms with E-state index in [0.29, 0.717) is 6.42 Å². The molecule has 0 saturated carbocycles. The first-order valence-electron chi connectivity index (χ1n) is 7.45. The lowest BCUT2D eigenvalue weighted by atomic mass is 9.82. The second kappa shape index (κ2) is 6.57. The number of ether oxygens (including phenoxy) is 1. The van der Waals surface area contributed by atoms with Crippen molar-refractivity contribution in [3.63, 3.8) is 0 Å². The zero-order valence-corrected chi connectivity index (χ0v) is 14.1. The van der Waals surface area contributed by atoms with Crippen molar-refractivity contribution in [2.75, 3.05) is 12.9 Å². The lowest BCUT2D eigenvalue weighted by Gasteiger charge is -2.28. The summed E-state index contributed by atoms with van der Waals surface area (Å²) < 4.78 is 71.0. The van der Waals surface area contributed by atoms with E-state index in [2.05, 4.69) is 0 Å². The van der Waals surface area contributed by atoms with Crippen LogP contribution in [0.1, 0.15) is 26.7 Å². The fourth-order valence-corrected chi connectivity index (χ4v) is 3.51. The van der Waals surface area contributed by atoms with Gasteiger partial charge in [-0.3, -0.25) is 4.18 Å². The topological polar surface area (TPSA) is 52.6 Å². The van der Waals surface area contributed by atoms with Crippen molar-refractivity contribution in [1.82, 2.24) is 0 Å². The molecule has 0 N–H and O–H groups in total. The molecule has 0 bridgehead atoms. The minimum Gasteiger partial charge on any atom is -0.368 e. The number of hydrogen-bond acceptors (Lipinski definition) is 4. The van der Waals surface area contributed by atoms with Crippen LogP contribution in [0.4, 0.5) is 13.2 Å². The molecule has 0 aromatic carbocycles. The lowest BCUT2D eigenvalue weighted by molar-refractivity contribution is -0.0953. The lowest BCUT2D eigenvalue weighted by Crippen LogP contribution is -2.26. The molecule has 1 heterocycles. The second-order valence-electron chi connectivity index (χ2n) is 6.34. The van der Waals surface area contributed by atoms with Crippen LogP contribution in [0, 0.1) is 11.8 Å². The summed E-state index contributed by atoms with van der Waals surface area (Å²) in [5.41, 5.74) is 0.295. The van der Waals surface area contributed by atoms with Gasteiger partial charge in [0.05, 0.1) is 25.1 Å². The van der Waals surface area contributed by atoms with Crippen LogP contribution >= 0.6 is 0 Å². The van der Waals surface area contributed by atoms with Gasteiger partial charge >= 0.3 is 6.18 Å². The van der Waals surface area contributed by atoms with Crippen LogP contribution in [-0.4, -0.2) is 39.7 Å². The Balaban J connectivity index is 2.07. The molecule has 132 valence electrons. The fraction of sp³-hybridized carbons (Fsp3) is 0.733. The van der Waals surface area contributed by atoms with Crippen LogP contribution in [0.5, 0.6) is 0 Å². The Morgan fingerprint density at radius 3 is 2.48 bits per heavy atom. The van der Waals surface area contributed by atoms with E-state index in [4.69, 9.17) is 8.92 Å². The molecule has 4 atom stereocenters. The number of alkyl halides is 3. The Kier molecular flexibility index (Phi) is 5.27. The van der Waals surface area contributed by atoms with Crippen molar-refractivity contribution in [3.8, 4) is 0 Å². The molecule has 0 aromatic rings. The third-order valence-corrected chi connectivity index (χ3v) is 4.79. The maximum atomic E-state index is 12.8. The van der Waals surface area contributed by atoms with Gasteiger partial charge < -0.3 is 4.74 Å². The van der Waals surface area contributed by atoms with Crippen LogP contribution in [0.2, 0.25) is 0 Å². The Morgan fingerprint density at radius 1 is 1.30 bits per heavy atom. The second-order valence-corrected chi connectivity index (χ2v) is 7.99. The summed E-state index contributed by atoms with van der Waals surface area (Å²) >= 11 is 0. The van der Waals surface area contributed by atoms with Gasteiger partial charge in [0.2, 0.25) is 0 Å². The van der Waals surface area contributed by atoms with Gasteiger partial charge in [-0.05, 0) is 30.3 Å². The number of halogens is 3. The van der Waals surface area contributed by atoms with Crippen LogP contribution in [-0.2, 0) is 19.0 Å². The van der Waals surface area contributed by atoms with E-state index in [9.17, 15) is 21.6 Å². The smallest absolute Gasteiger partial charge is 0.368 e. The molecule has 1 unspecified atom stereocenters. The molecule has 0 aromatic heterocycles. The minimum absolute atomic E-state index is 0.0631. The molecular formula is C15H21F3O4S. The maximum absolute atomic E-state index is 12.8. The number of allylic oxidation sites excluding steroid dienone is 3. The molecule has 2 aliphatic rings. The van der Waals surface area contributed by atoms with Crippen molar-refractivity contribution in [2.24, 2.45) is 11.8 Å². The number of hydrogen-bond donors (Lipinski definition) is 0. The largest absolute Gasteiger partial charge is 0.412 e. The fourth-order valence-electron chi connectivity index (χ4n) is 3.11. The molecule has 1 saturated heterocycles. The van der Waals surface area contributed by atoms with Gasteiger partial charge in [0.25, 0.3) is 10.1 Å². The zero-order chi connectivity index (χ0) is 17.4. The average molecular weight is 354 g/mol. The van der Waals surface area contributed by atoms with Gasteiger partial charge in [0.1, 0.15) is 0 Å². The van der Waals surface area contributed by atoms with Crippen molar-refractivity contribution < 1.29 is 30.5 Å². The van der Waals surface area contributed by atoms with E-state index >= 15 is 0 Å². The van der Waals surface area contributed by atoms with Crippen molar-refractivity contribution >= 4 is 10.1 Å². The highest BCUT2D eigenvalue weighted by atomic mass is 32.2. The van der Waals surface area contributed by atoms with E-state index in [-0.39, 0.29) is 37.1 Å². The minimum atomic E-state index is -4.30. The van der Waals surface area contributed by atoms with Gasteiger partial charge in [-0.2, -0.15) is 21.6 Å². The van der Waals surface area contributed by atoms with E-state index in [1.54, 1.807) is 6.92 Å². The summed E-state index contributed by atoms with van der Waals surface area (Å²) in [5, 5.41) is 0. The van der Waals surface area contributed by atoms with E-state index in [0.717, 1.165) is 17.9 Å². The van der Waals surface area contributed by atoms with Gasteiger partial charge in [-0.15, -0.1) is 0 Å². The summed E-state index contributed by atoms with van der Waals surface area (Å²) in [4.78, 5) is 0.